The van der Waals surface area contributed by atoms with Crippen molar-refractivity contribution in [2.24, 2.45) is 0 Å². The zero-order valence-electron chi connectivity index (χ0n) is 14.2. The second-order valence-corrected chi connectivity index (χ2v) is 5.76. The first-order chi connectivity index (χ1) is 11.9. The SMILES string of the molecule is COc1ccc(C)cc1NC(=O)CC(=O)Nc1cc(Cl)ccc1OC. The Labute approximate surface area is 151 Å². The largest absolute Gasteiger partial charge is 0.495 e. The average molecular weight is 363 g/mol. The quantitative estimate of drug-likeness (QED) is 0.769. The van der Waals surface area contributed by atoms with Gasteiger partial charge in [0.15, 0.2) is 0 Å². The van der Waals surface area contributed by atoms with E-state index in [0.717, 1.165) is 5.56 Å². The van der Waals surface area contributed by atoms with E-state index in [1.807, 2.05) is 13.0 Å². The fraction of sp³-hybridized carbons (Fsp3) is 0.222. The van der Waals surface area contributed by atoms with Crippen LogP contribution in [0.3, 0.4) is 0 Å². The van der Waals surface area contributed by atoms with Crippen LogP contribution in [0, 0.1) is 6.92 Å². The highest BCUT2D eigenvalue weighted by molar-refractivity contribution is 6.31. The molecule has 0 fully saturated rings. The van der Waals surface area contributed by atoms with Gasteiger partial charge in [-0.2, -0.15) is 0 Å². The number of carbonyl (C=O) groups excluding carboxylic acids is 2. The zero-order chi connectivity index (χ0) is 18.4. The molecule has 132 valence electrons. The van der Waals surface area contributed by atoms with Gasteiger partial charge >= 0.3 is 0 Å². The van der Waals surface area contributed by atoms with Crippen molar-refractivity contribution in [3.05, 3.63) is 47.0 Å². The third-order valence-corrected chi connectivity index (χ3v) is 3.62. The van der Waals surface area contributed by atoms with Gasteiger partial charge in [-0.05, 0) is 42.8 Å². The van der Waals surface area contributed by atoms with E-state index < -0.39 is 11.8 Å². The molecule has 2 amide bonds. The molecule has 0 bridgehead atoms. The molecule has 0 saturated heterocycles. The molecule has 7 heteroatoms. The molecule has 6 nitrogen and oxygen atoms in total. The Morgan fingerprint density at radius 2 is 1.44 bits per heavy atom. The Bertz CT molecular complexity index is 727. The fourth-order valence-corrected chi connectivity index (χ4v) is 2.40. The van der Waals surface area contributed by atoms with Crippen LogP contribution in [0.2, 0.25) is 5.02 Å². The molecule has 2 aromatic carbocycles. The molecule has 0 atom stereocenters. The van der Waals surface area contributed by atoms with Gasteiger partial charge in [0.2, 0.25) is 11.8 Å². The summed E-state index contributed by atoms with van der Waals surface area (Å²) in [6, 6.07) is 10.2. The maximum Gasteiger partial charge on any atom is 0.233 e. The van der Waals surface area contributed by atoms with Crippen molar-refractivity contribution in [1.29, 1.82) is 0 Å². The predicted molar refractivity (Wildman–Crippen MR) is 97.6 cm³/mol. The van der Waals surface area contributed by atoms with Crippen LogP contribution in [0.25, 0.3) is 0 Å². The lowest BCUT2D eigenvalue weighted by atomic mass is 10.2. The van der Waals surface area contributed by atoms with E-state index in [2.05, 4.69) is 10.6 Å². The number of hydrogen-bond donors (Lipinski definition) is 2. The molecule has 0 aliphatic heterocycles. The van der Waals surface area contributed by atoms with E-state index in [-0.39, 0.29) is 6.42 Å². The molecule has 0 aliphatic rings. The van der Waals surface area contributed by atoms with Crippen molar-refractivity contribution in [2.75, 3.05) is 24.9 Å². The maximum absolute atomic E-state index is 12.1. The number of amides is 2. The van der Waals surface area contributed by atoms with Gasteiger partial charge < -0.3 is 20.1 Å². The van der Waals surface area contributed by atoms with Crippen molar-refractivity contribution < 1.29 is 19.1 Å². The molecule has 0 radical (unpaired) electrons. The predicted octanol–water partition coefficient (Wildman–Crippen LogP) is 3.63. The number of carbonyl (C=O) groups is 2. The molecular formula is C18H19ClN2O4. The Morgan fingerprint density at radius 3 is 2.00 bits per heavy atom. The van der Waals surface area contributed by atoms with Crippen molar-refractivity contribution in [1.82, 2.24) is 0 Å². The molecule has 2 aromatic rings. The van der Waals surface area contributed by atoms with Crippen LogP contribution in [0.5, 0.6) is 11.5 Å². The van der Waals surface area contributed by atoms with Crippen LogP contribution < -0.4 is 20.1 Å². The van der Waals surface area contributed by atoms with Gasteiger partial charge in [-0.25, -0.2) is 0 Å². The molecule has 0 aliphatic carbocycles. The van der Waals surface area contributed by atoms with Crippen LogP contribution >= 0.6 is 11.6 Å². The molecule has 2 N–H and O–H groups in total. The van der Waals surface area contributed by atoms with E-state index in [1.165, 1.54) is 14.2 Å². The van der Waals surface area contributed by atoms with Crippen LogP contribution in [0.4, 0.5) is 11.4 Å². The van der Waals surface area contributed by atoms with Gasteiger partial charge in [0, 0.05) is 5.02 Å². The van der Waals surface area contributed by atoms with Crippen LogP contribution in [0.1, 0.15) is 12.0 Å². The third kappa shape index (κ3) is 5.12. The third-order valence-electron chi connectivity index (χ3n) is 3.39. The fourth-order valence-electron chi connectivity index (χ4n) is 2.23. The van der Waals surface area contributed by atoms with Gasteiger partial charge in [0.1, 0.15) is 17.9 Å². The van der Waals surface area contributed by atoms with Crippen LogP contribution in [0.15, 0.2) is 36.4 Å². The number of halogens is 1. The summed E-state index contributed by atoms with van der Waals surface area (Å²) in [7, 11) is 2.99. The summed E-state index contributed by atoms with van der Waals surface area (Å²) in [5.41, 5.74) is 1.88. The number of methoxy groups -OCH3 is 2. The smallest absolute Gasteiger partial charge is 0.233 e. The lowest BCUT2D eigenvalue weighted by Gasteiger charge is -2.12. The number of aryl methyl sites for hydroxylation is 1. The van der Waals surface area contributed by atoms with Gasteiger partial charge in [-0.3, -0.25) is 9.59 Å². The number of benzene rings is 2. The second kappa shape index (κ2) is 8.39. The highest BCUT2D eigenvalue weighted by Gasteiger charge is 2.14. The topological polar surface area (TPSA) is 76.7 Å². The molecule has 0 unspecified atom stereocenters. The normalized spacial score (nSPS) is 10.1. The number of rotatable bonds is 6. The Hall–Kier alpha value is -2.73. The van der Waals surface area contributed by atoms with E-state index in [1.54, 1.807) is 30.3 Å². The summed E-state index contributed by atoms with van der Waals surface area (Å²) >= 11 is 5.92. The van der Waals surface area contributed by atoms with Crippen molar-refractivity contribution in [2.45, 2.75) is 13.3 Å². The first kappa shape index (κ1) is 18.6. The van der Waals surface area contributed by atoms with Crippen LogP contribution in [-0.4, -0.2) is 26.0 Å². The second-order valence-electron chi connectivity index (χ2n) is 5.32. The average Bonchev–Trinajstić information content (AvgIpc) is 2.55. The van der Waals surface area contributed by atoms with E-state index in [9.17, 15) is 9.59 Å². The zero-order valence-corrected chi connectivity index (χ0v) is 14.9. The summed E-state index contributed by atoms with van der Waals surface area (Å²) in [6.07, 6.45) is -0.354. The maximum atomic E-state index is 12.1. The summed E-state index contributed by atoms with van der Waals surface area (Å²) in [5.74, 6) is 0.0430. The van der Waals surface area contributed by atoms with Gasteiger partial charge in [0.05, 0.1) is 25.6 Å². The highest BCUT2D eigenvalue weighted by Crippen LogP contribution is 2.28. The number of ether oxygens (including phenoxy) is 2. The van der Waals surface area contributed by atoms with Crippen molar-refractivity contribution in [3.8, 4) is 11.5 Å². The molecule has 0 heterocycles. The lowest BCUT2D eigenvalue weighted by Crippen LogP contribution is -2.22. The Morgan fingerprint density at radius 1 is 0.920 bits per heavy atom. The molecule has 25 heavy (non-hydrogen) atoms. The molecule has 0 saturated carbocycles. The molecule has 0 spiro atoms. The molecule has 0 aromatic heterocycles. The monoisotopic (exact) mass is 362 g/mol. The number of hydrogen-bond acceptors (Lipinski definition) is 4. The van der Waals surface area contributed by atoms with Crippen LogP contribution in [-0.2, 0) is 9.59 Å². The van der Waals surface area contributed by atoms with E-state index >= 15 is 0 Å². The molecular weight excluding hydrogens is 344 g/mol. The Kier molecular flexibility index (Phi) is 6.25. The Balaban J connectivity index is 2.03. The van der Waals surface area contributed by atoms with Gasteiger partial charge in [-0.15, -0.1) is 0 Å². The van der Waals surface area contributed by atoms with E-state index in [4.69, 9.17) is 21.1 Å². The number of nitrogens with one attached hydrogen (secondary N) is 2. The summed E-state index contributed by atoms with van der Waals surface area (Å²) in [6.45, 7) is 1.90. The first-order valence-electron chi connectivity index (χ1n) is 7.51. The summed E-state index contributed by atoms with van der Waals surface area (Å²) < 4.78 is 10.4. The van der Waals surface area contributed by atoms with E-state index in [0.29, 0.717) is 27.9 Å². The minimum atomic E-state index is -0.482. The number of anilines is 2. The van der Waals surface area contributed by atoms with Crippen molar-refractivity contribution in [3.63, 3.8) is 0 Å². The molecule has 2 rings (SSSR count). The minimum absolute atomic E-state index is 0.354. The summed E-state index contributed by atoms with van der Waals surface area (Å²) in [5, 5.41) is 5.74. The summed E-state index contributed by atoms with van der Waals surface area (Å²) in [4.78, 5) is 24.2. The van der Waals surface area contributed by atoms with Crippen molar-refractivity contribution >= 4 is 34.8 Å². The standard InChI is InChI=1S/C18H19ClN2O4/c1-11-4-6-15(24-2)13(8-11)20-17(22)10-18(23)21-14-9-12(19)5-7-16(14)25-3/h4-9H,10H2,1-3H3,(H,20,22)(H,21,23). The minimum Gasteiger partial charge on any atom is -0.495 e. The first-order valence-corrected chi connectivity index (χ1v) is 7.88. The highest BCUT2D eigenvalue weighted by atomic mass is 35.5. The van der Waals surface area contributed by atoms with Gasteiger partial charge in [0.25, 0.3) is 0 Å². The lowest BCUT2D eigenvalue weighted by molar-refractivity contribution is -0.123. The van der Waals surface area contributed by atoms with Gasteiger partial charge in [-0.1, -0.05) is 17.7 Å².